The molecule has 3 heteroatoms. The lowest BCUT2D eigenvalue weighted by Gasteiger charge is -2.35. The van der Waals surface area contributed by atoms with Gasteiger partial charge in [0.2, 0.25) is 0 Å². The van der Waals surface area contributed by atoms with E-state index < -0.39 is 5.72 Å². The van der Waals surface area contributed by atoms with Crippen molar-refractivity contribution in [2.45, 2.75) is 39.3 Å². The van der Waals surface area contributed by atoms with Gasteiger partial charge in [0.15, 0.2) is 0 Å². The maximum atomic E-state index is 6.06. The van der Waals surface area contributed by atoms with E-state index in [1.165, 1.54) is 0 Å². The van der Waals surface area contributed by atoms with Crippen molar-refractivity contribution >= 4 is 0 Å². The molecular weight excluding hydrogens is 166 g/mol. The van der Waals surface area contributed by atoms with Crippen molar-refractivity contribution in [2.24, 2.45) is 11.1 Å². The second-order valence-electron chi connectivity index (χ2n) is 5.03. The molecule has 0 aromatic rings. The van der Waals surface area contributed by atoms with Crippen LogP contribution in [0.4, 0.5) is 0 Å². The van der Waals surface area contributed by atoms with Gasteiger partial charge >= 0.3 is 0 Å². The highest BCUT2D eigenvalue weighted by atomic mass is 16.5. The molecule has 0 aromatic carbocycles. The standard InChI is InChI=1S/C10H21NO2/c1-9(2,3)8-13-10(11)4-6-12-7-5-10/h4-8,11H2,1-3H3. The van der Waals surface area contributed by atoms with Crippen molar-refractivity contribution in [1.29, 1.82) is 0 Å². The van der Waals surface area contributed by atoms with Gasteiger partial charge in [0, 0.05) is 12.8 Å². The van der Waals surface area contributed by atoms with Crippen LogP contribution in [-0.2, 0) is 9.47 Å². The third-order valence-corrected chi connectivity index (χ3v) is 2.13. The van der Waals surface area contributed by atoms with Crippen LogP contribution >= 0.6 is 0 Å². The van der Waals surface area contributed by atoms with Crippen molar-refractivity contribution in [1.82, 2.24) is 0 Å². The van der Waals surface area contributed by atoms with Crippen molar-refractivity contribution in [3.05, 3.63) is 0 Å². The second-order valence-corrected chi connectivity index (χ2v) is 5.03. The van der Waals surface area contributed by atoms with E-state index in [2.05, 4.69) is 20.8 Å². The summed E-state index contributed by atoms with van der Waals surface area (Å²) in [6, 6.07) is 0. The average Bonchev–Trinajstić information content (AvgIpc) is 2.02. The molecular formula is C10H21NO2. The summed E-state index contributed by atoms with van der Waals surface area (Å²) in [6.45, 7) is 8.60. The van der Waals surface area contributed by atoms with Crippen LogP contribution in [0.1, 0.15) is 33.6 Å². The van der Waals surface area contributed by atoms with Crippen molar-refractivity contribution in [3.63, 3.8) is 0 Å². The fraction of sp³-hybridized carbons (Fsp3) is 1.00. The summed E-state index contributed by atoms with van der Waals surface area (Å²) >= 11 is 0. The molecule has 1 rings (SSSR count). The Balaban J connectivity index is 2.33. The first-order valence-corrected chi connectivity index (χ1v) is 4.92. The monoisotopic (exact) mass is 187 g/mol. The van der Waals surface area contributed by atoms with Crippen LogP contribution in [0.5, 0.6) is 0 Å². The zero-order chi connectivity index (χ0) is 9.95. The lowest BCUT2D eigenvalue weighted by Crippen LogP contribution is -2.48. The summed E-state index contributed by atoms with van der Waals surface area (Å²) in [5.74, 6) is 0. The van der Waals surface area contributed by atoms with Crippen LogP contribution in [-0.4, -0.2) is 25.5 Å². The fourth-order valence-electron chi connectivity index (χ4n) is 1.22. The molecule has 0 aromatic heterocycles. The number of hydrogen-bond acceptors (Lipinski definition) is 3. The van der Waals surface area contributed by atoms with Crippen LogP contribution < -0.4 is 5.73 Å². The number of ether oxygens (including phenoxy) is 2. The van der Waals surface area contributed by atoms with Crippen LogP contribution in [0.2, 0.25) is 0 Å². The van der Waals surface area contributed by atoms with Crippen LogP contribution in [0, 0.1) is 5.41 Å². The van der Waals surface area contributed by atoms with Gasteiger partial charge in [0.25, 0.3) is 0 Å². The van der Waals surface area contributed by atoms with Gasteiger partial charge in [-0.15, -0.1) is 0 Å². The average molecular weight is 187 g/mol. The Bertz CT molecular complexity index is 157. The molecule has 3 nitrogen and oxygen atoms in total. The van der Waals surface area contributed by atoms with Crippen molar-refractivity contribution < 1.29 is 9.47 Å². The molecule has 0 radical (unpaired) electrons. The maximum Gasteiger partial charge on any atom is 0.121 e. The molecule has 0 saturated carbocycles. The van der Waals surface area contributed by atoms with Gasteiger partial charge in [-0.25, -0.2) is 0 Å². The maximum absolute atomic E-state index is 6.06. The summed E-state index contributed by atoms with van der Waals surface area (Å²) in [6.07, 6.45) is 1.62. The quantitative estimate of drug-likeness (QED) is 0.666. The summed E-state index contributed by atoms with van der Waals surface area (Å²) < 4.78 is 11.0. The topological polar surface area (TPSA) is 44.5 Å². The van der Waals surface area contributed by atoms with Gasteiger partial charge in [-0.2, -0.15) is 0 Å². The minimum absolute atomic E-state index is 0.185. The smallest absolute Gasteiger partial charge is 0.121 e. The van der Waals surface area contributed by atoms with E-state index in [0.717, 1.165) is 26.1 Å². The van der Waals surface area contributed by atoms with Gasteiger partial charge in [0.05, 0.1) is 19.8 Å². The first-order chi connectivity index (χ1) is 5.91. The van der Waals surface area contributed by atoms with Crippen molar-refractivity contribution in [3.8, 4) is 0 Å². The van der Waals surface area contributed by atoms with E-state index >= 15 is 0 Å². The zero-order valence-electron chi connectivity index (χ0n) is 8.93. The Kier molecular flexibility index (Phi) is 3.33. The highest BCUT2D eigenvalue weighted by Crippen LogP contribution is 2.23. The molecule has 0 aliphatic carbocycles. The molecule has 1 fully saturated rings. The van der Waals surface area contributed by atoms with Crippen LogP contribution in [0.15, 0.2) is 0 Å². The summed E-state index contributed by atoms with van der Waals surface area (Å²) in [5, 5.41) is 0. The molecule has 0 bridgehead atoms. The third-order valence-electron chi connectivity index (χ3n) is 2.13. The van der Waals surface area contributed by atoms with Gasteiger partial charge in [0.1, 0.15) is 5.72 Å². The van der Waals surface area contributed by atoms with E-state index in [-0.39, 0.29) is 5.41 Å². The lowest BCUT2D eigenvalue weighted by molar-refractivity contribution is -0.124. The number of rotatable bonds is 2. The minimum Gasteiger partial charge on any atom is -0.381 e. The number of hydrogen-bond donors (Lipinski definition) is 1. The second kappa shape index (κ2) is 3.95. The Labute approximate surface area is 80.6 Å². The predicted molar refractivity (Wildman–Crippen MR) is 52.4 cm³/mol. The van der Waals surface area contributed by atoms with Crippen LogP contribution in [0.3, 0.4) is 0 Å². The first-order valence-electron chi connectivity index (χ1n) is 4.92. The fourth-order valence-corrected chi connectivity index (χ4v) is 1.22. The largest absolute Gasteiger partial charge is 0.381 e. The molecule has 78 valence electrons. The van der Waals surface area contributed by atoms with Gasteiger partial charge in [-0.3, -0.25) is 0 Å². The van der Waals surface area contributed by atoms with Gasteiger partial charge in [-0.05, 0) is 5.41 Å². The third kappa shape index (κ3) is 4.07. The van der Waals surface area contributed by atoms with E-state index in [0.29, 0.717) is 6.61 Å². The molecule has 13 heavy (non-hydrogen) atoms. The summed E-state index contributed by atoms with van der Waals surface area (Å²) in [7, 11) is 0. The van der Waals surface area contributed by atoms with E-state index in [1.54, 1.807) is 0 Å². The minimum atomic E-state index is -0.439. The molecule has 1 aliphatic heterocycles. The number of nitrogens with two attached hydrogens (primary N) is 1. The normalized spacial score (nSPS) is 23.1. The van der Waals surface area contributed by atoms with Crippen molar-refractivity contribution in [2.75, 3.05) is 19.8 Å². The van der Waals surface area contributed by atoms with Gasteiger partial charge < -0.3 is 15.2 Å². The highest BCUT2D eigenvalue weighted by molar-refractivity contribution is 4.77. The first kappa shape index (κ1) is 11.0. The Morgan fingerprint density at radius 3 is 2.31 bits per heavy atom. The molecule has 1 saturated heterocycles. The summed E-state index contributed by atoms with van der Waals surface area (Å²) in [5.41, 5.74) is 5.81. The SMILES string of the molecule is CC(C)(C)COC1(N)CCOCC1. The Morgan fingerprint density at radius 2 is 1.85 bits per heavy atom. The Morgan fingerprint density at radius 1 is 1.31 bits per heavy atom. The molecule has 0 amide bonds. The molecule has 0 atom stereocenters. The summed E-state index contributed by atoms with van der Waals surface area (Å²) in [4.78, 5) is 0. The van der Waals surface area contributed by atoms with Gasteiger partial charge in [-0.1, -0.05) is 20.8 Å². The molecule has 1 aliphatic rings. The van der Waals surface area contributed by atoms with E-state index in [9.17, 15) is 0 Å². The highest BCUT2D eigenvalue weighted by Gasteiger charge is 2.30. The predicted octanol–water partition coefficient (Wildman–Crippen LogP) is 1.51. The molecule has 1 heterocycles. The molecule has 2 N–H and O–H groups in total. The lowest BCUT2D eigenvalue weighted by atomic mass is 9.97. The zero-order valence-corrected chi connectivity index (χ0v) is 8.93. The van der Waals surface area contributed by atoms with Crippen LogP contribution in [0.25, 0.3) is 0 Å². The van der Waals surface area contributed by atoms with E-state index in [4.69, 9.17) is 15.2 Å². The van der Waals surface area contributed by atoms with E-state index in [1.807, 2.05) is 0 Å². The Hall–Kier alpha value is -0.120. The molecule has 0 unspecified atom stereocenters. The molecule has 0 spiro atoms.